The minimum absolute atomic E-state index is 0.0890. The molecule has 0 aromatic heterocycles. The summed E-state index contributed by atoms with van der Waals surface area (Å²) in [5, 5.41) is 9.79. The molecule has 2 saturated heterocycles. The fourth-order valence-electron chi connectivity index (χ4n) is 4.74. The van der Waals surface area contributed by atoms with Gasteiger partial charge in [0, 0.05) is 24.5 Å². The summed E-state index contributed by atoms with van der Waals surface area (Å²) in [5.74, 6) is -0.816. The van der Waals surface area contributed by atoms with Crippen LogP contribution in [0.5, 0.6) is 0 Å². The second kappa shape index (κ2) is 6.40. The van der Waals surface area contributed by atoms with Crippen LogP contribution in [0, 0.1) is 5.92 Å². The van der Waals surface area contributed by atoms with Crippen molar-refractivity contribution < 1.29 is 9.90 Å². The van der Waals surface area contributed by atoms with Gasteiger partial charge in [0.2, 0.25) is 0 Å². The molecule has 0 radical (unpaired) electrons. The fraction of sp³-hybridized carbons (Fsp3) is 0.381. The molecule has 4 unspecified atom stereocenters. The molecule has 0 amide bonds. The van der Waals surface area contributed by atoms with Crippen LogP contribution >= 0.6 is 0 Å². The smallest absolute Gasteiger partial charge is 0.307 e. The van der Waals surface area contributed by atoms with Crippen LogP contribution in [0.15, 0.2) is 60.7 Å². The molecule has 1 N–H and O–H groups in total. The van der Waals surface area contributed by atoms with Crippen LogP contribution in [0.3, 0.4) is 0 Å². The molecule has 3 heteroatoms. The first-order valence-corrected chi connectivity index (χ1v) is 8.81. The van der Waals surface area contributed by atoms with Gasteiger partial charge in [0.05, 0.1) is 5.92 Å². The SMILES string of the molecule is O=C(O)C1CC2CCC(C1c1ccccc1)N2Cc1ccccc1. The van der Waals surface area contributed by atoms with Crippen molar-refractivity contribution in [1.29, 1.82) is 0 Å². The molecule has 0 spiro atoms. The van der Waals surface area contributed by atoms with Gasteiger partial charge in [-0.05, 0) is 30.4 Å². The summed E-state index contributed by atoms with van der Waals surface area (Å²) >= 11 is 0. The van der Waals surface area contributed by atoms with Gasteiger partial charge < -0.3 is 5.11 Å². The van der Waals surface area contributed by atoms with E-state index in [4.69, 9.17) is 0 Å². The standard InChI is InChI=1S/C21H23NO2/c23-21(24)18-13-17-11-12-19(20(18)16-9-5-2-6-10-16)22(17)14-15-7-3-1-4-8-15/h1-10,17-20H,11-14H2,(H,23,24). The van der Waals surface area contributed by atoms with E-state index >= 15 is 0 Å². The van der Waals surface area contributed by atoms with Crippen LogP contribution in [0.4, 0.5) is 0 Å². The summed E-state index contributed by atoms with van der Waals surface area (Å²) in [4.78, 5) is 14.5. The molecular weight excluding hydrogens is 298 g/mol. The zero-order valence-electron chi connectivity index (χ0n) is 13.7. The Morgan fingerprint density at radius 1 is 1.00 bits per heavy atom. The maximum absolute atomic E-state index is 11.9. The molecule has 2 aromatic carbocycles. The highest BCUT2D eigenvalue weighted by Crippen LogP contribution is 2.48. The summed E-state index contributed by atoms with van der Waals surface area (Å²) in [5.41, 5.74) is 2.49. The predicted molar refractivity (Wildman–Crippen MR) is 93.7 cm³/mol. The molecule has 0 aliphatic carbocycles. The number of aliphatic carboxylic acids is 1. The third kappa shape index (κ3) is 2.73. The maximum Gasteiger partial charge on any atom is 0.307 e. The van der Waals surface area contributed by atoms with Gasteiger partial charge in [-0.2, -0.15) is 0 Å². The van der Waals surface area contributed by atoms with Gasteiger partial charge in [-0.15, -0.1) is 0 Å². The molecule has 124 valence electrons. The largest absolute Gasteiger partial charge is 0.481 e. The third-order valence-electron chi connectivity index (χ3n) is 5.77. The van der Waals surface area contributed by atoms with Crippen molar-refractivity contribution >= 4 is 5.97 Å². The van der Waals surface area contributed by atoms with Gasteiger partial charge in [0.25, 0.3) is 0 Å². The first-order chi connectivity index (χ1) is 11.7. The van der Waals surface area contributed by atoms with E-state index in [1.54, 1.807) is 0 Å². The van der Waals surface area contributed by atoms with Gasteiger partial charge in [-0.3, -0.25) is 9.69 Å². The predicted octanol–water partition coefficient (Wildman–Crippen LogP) is 3.91. The summed E-state index contributed by atoms with van der Waals surface area (Å²) in [7, 11) is 0. The van der Waals surface area contributed by atoms with Crippen LogP contribution in [-0.2, 0) is 11.3 Å². The number of carboxylic acid groups (broad SMARTS) is 1. The van der Waals surface area contributed by atoms with Gasteiger partial charge in [-0.1, -0.05) is 60.7 Å². The number of hydrogen-bond acceptors (Lipinski definition) is 2. The third-order valence-corrected chi connectivity index (χ3v) is 5.77. The van der Waals surface area contributed by atoms with Crippen LogP contribution in [0.25, 0.3) is 0 Å². The Bertz CT molecular complexity index is 700. The molecule has 24 heavy (non-hydrogen) atoms. The fourth-order valence-corrected chi connectivity index (χ4v) is 4.74. The number of carboxylic acids is 1. The summed E-state index contributed by atoms with van der Waals surface area (Å²) in [6.07, 6.45) is 2.98. The van der Waals surface area contributed by atoms with Crippen LogP contribution < -0.4 is 0 Å². The minimum Gasteiger partial charge on any atom is -0.481 e. The second-order valence-electron chi connectivity index (χ2n) is 7.07. The van der Waals surface area contributed by atoms with Crippen LogP contribution in [-0.4, -0.2) is 28.1 Å². The highest BCUT2D eigenvalue weighted by Gasteiger charge is 2.49. The van der Waals surface area contributed by atoms with Gasteiger partial charge in [-0.25, -0.2) is 0 Å². The Morgan fingerprint density at radius 2 is 1.67 bits per heavy atom. The van der Waals surface area contributed by atoms with Crippen molar-refractivity contribution in [1.82, 2.24) is 4.90 Å². The Kier molecular flexibility index (Phi) is 4.11. The van der Waals surface area contributed by atoms with Gasteiger partial charge >= 0.3 is 5.97 Å². The average molecular weight is 321 g/mol. The Hall–Kier alpha value is -2.13. The molecular formula is C21H23NO2. The molecule has 2 aliphatic heterocycles. The average Bonchev–Trinajstić information content (AvgIpc) is 2.88. The van der Waals surface area contributed by atoms with E-state index in [0.29, 0.717) is 12.1 Å². The summed E-state index contributed by atoms with van der Waals surface area (Å²) in [6.45, 7) is 0.922. The van der Waals surface area contributed by atoms with E-state index in [9.17, 15) is 9.90 Å². The minimum atomic E-state index is -0.639. The lowest BCUT2D eigenvalue weighted by Gasteiger charge is -2.43. The zero-order chi connectivity index (χ0) is 16.5. The first-order valence-electron chi connectivity index (χ1n) is 8.81. The van der Waals surface area contributed by atoms with E-state index in [2.05, 4.69) is 41.3 Å². The van der Waals surface area contributed by atoms with Crippen LogP contribution in [0.1, 0.15) is 36.3 Å². The summed E-state index contributed by atoms with van der Waals surface area (Å²) in [6, 6.07) is 21.5. The van der Waals surface area contributed by atoms with E-state index in [-0.39, 0.29) is 11.8 Å². The number of benzene rings is 2. The normalized spacial score (nSPS) is 29.5. The molecule has 2 heterocycles. The number of piperidine rings is 1. The number of rotatable bonds is 4. The number of hydrogen-bond donors (Lipinski definition) is 1. The van der Waals surface area contributed by atoms with Crippen molar-refractivity contribution in [3.63, 3.8) is 0 Å². The Labute approximate surface area is 142 Å². The lowest BCUT2D eigenvalue weighted by atomic mass is 9.75. The molecule has 4 rings (SSSR count). The Balaban J connectivity index is 1.66. The van der Waals surface area contributed by atoms with Crippen molar-refractivity contribution in [2.75, 3.05) is 0 Å². The lowest BCUT2D eigenvalue weighted by molar-refractivity contribution is -0.145. The van der Waals surface area contributed by atoms with Gasteiger partial charge in [0.1, 0.15) is 0 Å². The molecule has 4 atom stereocenters. The molecule has 3 nitrogen and oxygen atoms in total. The van der Waals surface area contributed by atoms with Crippen molar-refractivity contribution in [3.8, 4) is 0 Å². The molecule has 0 saturated carbocycles. The quantitative estimate of drug-likeness (QED) is 0.928. The topological polar surface area (TPSA) is 40.5 Å². The monoisotopic (exact) mass is 321 g/mol. The maximum atomic E-state index is 11.9. The van der Waals surface area contributed by atoms with Gasteiger partial charge in [0.15, 0.2) is 0 Å². The van der Waals surface area contributed by atoms with Crippen molar-refractivity contribution in [3.05, 3.63) is 71.8 Å². The molecule has 2 fully saturated rings. The van der Waals surface area contributed by atoms with Crippen molar-refractivity contribution in [2.24, 2.45) is 5.92 Å². The van der Waals surface area contributed by atoms with Crippen LogP contribution in [0.2, 0.25) is 0 Å². The van der Waals surface area contributed by atoms with E-state index < -0.39 is 5.97 Å². The lowest BCUT2D eigenvalue weighted by Crippen LogP contribution is -2.49. The summed E-state index contributed by atoms with van der Waals surface area (Å²) < 4.78 is 0. The highest BCUT2D eigenvalue weighted by atomic mass is 16.4. The number of carbonyl (C=O) groups is 1. The number of fused-ring (bicyclic) bond motifs is 2. The van der Waals surface area contributed by atoms with E-state index in [1.165, 1.54) is 11.1 Å². The number of nitrogens with zero attached hydrogens (tertiary/aromatic N) is 1. The highest BCUT2D eigenvalue weighted by molar-refractivity contribution is 5.72. The molecule has 2 aromatic rings. The molecule has 2 bridgehead atoms. The zero-order valence-corrected chi connectivity index (χ0v) is 13.7. The second-order valence-corrected chi connectivity index (χ2v) is 7.07. The first kappa shape index (κ1) is 15.4. The van der Waals surface area contributed by atoms with E-state index in [1.807, 2.05) is 24.3 Å². The molecule has 2 aliphatic rings. The Morgan fingerprint density at radius 3 is 2.33 bits per heavy atom. The van der Waals surface area contributed by atoms with Crippen molar-refractivity contribution in [2.45, 2.75) is 43.8 Å². The van der Waals surface area contributed by atoms with E-state index in [0.717, 1.165) is 25.8 Å².